The van der Waals surface area contributed by atoms with E-state index in [-0.39, 0.29) is 0 Å². The van der Waals surface area contributed by atoms with Crippen LogP contribution in [0.2, 0.25) is 6.04 Å². The first-order valence-corrected chi connectivity index (χ1v) is 8.13. The summed E-state index contributed by atoms with van der Waals surface area (Å²) in [7, 11) is -2.50. The number of hydrogen-bond donors (Lipinski definition) is 0. The Kier molecular flexibility index (Phi) is 10.3. The molecule has 0 atom stereocenters. The highest BCUT2D eigenvalue weighted by Gasteiger charge is 2.39. The largest absolute Gasteiger partial charge is 0.500 e. The lowest BCUT2D eigenvalue weighted by molar-refractivity contribution is 0.0707. The van der Waals surface area contributed by atoms with Gasteiger partial charge in [-0.1, -0.05) is 0 Å². The molecule has 0 aromatic carbocycles. The quantitative estimate of drug-likeness (QED) is 0.247. The number of unbranched alkanes of at least 4 members (excludes halogenated alkanes) is 1. The highest BCUT2D eigenvalue weighted by molar-refractivity contribution is 6.60. The molecule has 0 rings (SSSR count). The predicted molar refractivity (Wildman–Crippen MR) is 67.7 cm³/mol. The van der Waals surface area contributed by atoms with Gasteiger partial charge in [0.05, 0.1) is 6.54 Å². The molecular formula is C11H23NO4Si. The van der Waals surface area contributed by atoms with Gasteiger partial charge in [-0.05, 0) is 33.6 Å². The standard InChI is InChI=1S/C11H23NO4Si/c1-4-14-17(15-5-2,16-6-3)10-8-7-9-12-11-13/h4-10H2,1-3H3. The molecule has 0 fully saturated rings. The maximum atomic E-state index is 9.92. The molecule has 0 bridgehead atoms. The summed E-state index contributed by atoms with van der Waals surface area (Å²) in [4.78, 5) is 13.4. The topological polar surface area (TPSA) is 57.1 Å². The fourth-order valence-electron chi connectivity index (χ4n) is 1.58. The average molecular weight is 261 g/mol. The Morgan fingerprint density at radius 1 is 1.00 bits per heavy atom. The summed E-state index contributed by atoms with van der Waals surface area (Å²) in [6, 6.07) is 0.775. The Labute approximate surface area is 105 Å². The molecule has 6 heteroatoms. The molecule has 0 N–H and O–H groups in total. The molecule has 0 aliphatic heterocycles. The second kappa shape index (κ2) is 10.6. The SMILES string of the molecule is CCO[Si](CCCCN=C=O)(OCC)OCC. The van der Waals surface area contributed by atoms with Gasteiger partial charge in [0, 0.05) is 25.9 Å². The zero-order chi connectivity index (χ0) is 13.0. The molecule has 0 saturated carbocycles. The lowest BCUT2D eigenvalue weighted by Gasteiger charge is -2.28. The van der Waals surface area contributed by atoms with E-state index in [9.17, 15) is 4.79 Å². The third kappa shape index (κ3) is 7.41. The maximum absolute atomic E-state index is 9.92. The van der Waals surface area contributed by atoms with Gasteiger partial charge in [0.25, 0.3) is 0 Å². The van der Waals surface area contributed by atoms with Gasteiger partial charge in [0.15, 0.2) is 0 Å². The van der Waals surface area contributed by atoms with Crippen LogP contribution in [0.25, 0.3) is 0 Å². The minimum Gasteiger partial charge on any atom is -0.374 e. The van der Waals surface area contributed by atoms with Crippen LogP contribution in [0, 0.1) is 0 Å². The van der Waals surface area contributed by atoms with Crippen LogP contribution >= 0.6 is 0 Å². The van der Waals surface area contributed by atoms with E-state index < -0.39 is 8.80 Å². The molecule has 17 heavy (non-hydrogen) atoms. The van der Waals surface area contributed by atoms with Crippen LogP contribution in [0.4, 0.5) is 0 Å². The normalized spacial score (nSPS) is 11.2. The Hall–Kier alpha value is -0.523. The molecule has 100 valence electrons. The molecule has 0 radical (unpaired) electrons. The van der Waals surface area contributed by atoms with Crippen LogP contribution in [-0.2, 0) is 18.1 Å². The first kappa shape index (κ1) is 16.5. The second-order valence-corrected chi connectivity index (χ2v) is 6.14. The second-order valence-electron chi connectivity index (χ2n) is 3.41. The Balaban J connectivity index is 4.17. The molecule has 0 spiro atoms. The molecule has 0 unspecified atom stereocenters. The van der Waals surface area contributed by atoms with E-state index in [4.69, 9.17) is 13.3 Å². The van der Waals surface area contributed by atoms with Gasteiger partial charge in [-0.25, -0.2) is 9.79 Å². The van der Waals surface area contributed by atoms with Gasteiger partial charge in [-0.2, -0.15) is 0 Å². The fraction of sp³-hybridized carbons (Fsp3) is 0.909. The average Bonchev–Trinajstić information content (AvgIpc) is 2.30. The number of aliphatic imine (C=N–C) groups is 1. The van der Waals surface area contributed by atoms with Crippen molar-refractivity contribution in [2.45, 2.75) is 39.7 Å². The Morgan fingerprint density at radius 2 is 1.53 bits per heavy atom. The van der Waals surface area contributed by atoms with Crippen molar-refractivity contribution in [3.8, 4) is 0 Å². The summed E-state index contributed by atoms with van der Waals surface area (Å²) in [5.41, 5.74) is 0. The molecule has 0 aromatic heterocycles. The third-order valence-electron chi connectivity index (χ3n) is 2.16. The van der Waals surface area contributed by atoms with Crippen molar-refractivity contribution in [2.75, 3.05) is 26.4 Å². The van der Waals surface area contributed by atoms with Crippen molar-refractivity contribution in [1.82, 2.24) is 0 Å². The number of hydrogen-bond acceptors (Lipinski definition) is 5. The summed E-state index contributed by atoms with van der Waals surface area (Å²) in [6.07, 6.45) is 3.25. The summed E-state index contributed by atoms with van der Waals surface area (Å²) in [5, 5.41) is 0. The summed E-state index contributed by atoms with van der Waals surface area (Å²) >= 11 is 0. The van der Waals surface area contributed by atoms with E-state index in [1.165, 1.54) is 6.08 Å². The van der Waals surface area contributed by atoms with E-state index in [0.29, 0.717) is 26.4 Å². The van der Waals surface area contributed by atoms with E-state index in [0.717, 1.165) is 18.9 Å². The lowest BCUT2D eigenvalue weighted by atomic mass is 10.3. The van der Waals surface area contributed by atoms with Crippen LogP contribution in [0.1, 0.15) is 33.6 Å². The molecule has 0 aromatic rings. The van der Waals surface area contributed by atoms with Crippen LogP contribution in [0.3, 0.4) is 0 Å². The smallest absolute Gasteiger partial charge is 0.374 e. The van der Waals surface area contributed by atoms with Crippen molar-refractivity contribution >= 4 is 14.9 Å². The van der Waals surface area contributed by atoms with E-state index in [1.807, 2.05) is 20.8 Å². The molecule has 0 aliphatic rings. The number of nitrogens with zero attached hydrogens (tertiary/aromatic N) is 1. The van der Waals surface area contributed by atoms with Gasteiger partial charge in [-0.15, -0.1) is 0 Å². The summed E-state index contributed by atoms with van der Waals surface area (Å²) < 4.78 is 17.1. The predicted octanol–water partition coefficient (Wildman–Crippen LogP) is 2.15. The third-order valence-corrected chi connectivity index (χ3v) is 5.31. The summed E-state index contributed by atoms with van der Waals surface area (Å²) in [5.74, 6) is 0. The maximum Gasteiger partial charge on any atom is 0.500 e. The highest BCUT2D eigenvalue weighted by Crippen LogP contribution is 2.19. The van der Waals surface area contributed by atoms with Crippen molar-refractivity contribution in [1.29, 1.82) is 0 Å². The summed E-state index contributed by atoms with van der Waals surface area (Å²) in [6.45, 7) is 8.12. The number of isocyanates is 1. The first-order valence-electron chi connectivity index (χ1n) is 6.20. The monoisotopic (exact) mass is 261 g/mol. The van der Waals surface area contributed by atoms with Crippen LogP contribution in [-0.4, -0.2) is 41.2 Å². The molecule has 5 nitrogen and oxygen atoms in total. The first-order chi connectivity index (χ1) is 8.24. The number of rotatable bonds is 11. The van der Waals surface area contributed by atoms with E-state index in [2.05, 4.69) is 4.99 Å². The van der Waals surface area contributed by atoms with Crippen molar-refractivity contribution in [3.63, 3.8) is 0 Å². The van der Waals surface area contributed by atoms with Crippen LogP contribution in [0.15, 0.2) is 4.99 Å². The molecular weight excluding hydrogens is 238 g/mol. The van der Waals surface area contributed by atoms with Crippen molar-refractivity contribution in [3.05, 3.63) is 0 Å². The highest BCUT2D eigenvalue weighted by atomic mass is 28.4. The number of carbonyl (C=O) groups excluding carboxylic acids is 1. The molecule has 0 heterocycles. The molecule has 0 amide bonds. The van der Waals surface area contributed by atoms with Crippen LogP contribution < -0.4 is 0 Å². The van der Waals surface area contributed by atoms with Gasteiger partial charge >= 0.3 is 8.80 Å². The minimum absolute atomic E-state index is 0.512. The van der Waals surface area contributed by atoms with E-state index >= 15 is 0 Å². The van der Waals surface area contributed by atoms with Gasteiger partial charge in [0.1, 0.15) is 0 Å². The van der Waals surface area contributed by atoms with Gasteiger partial charge < -0.3 is 13.3 Å². The molecule has 0 saturated heterocycles. The fourth-order valence-corrected chi connectivity index (χ4v) is 4.26. The van der Waals surface area contributed by atoms with Gasteiger partial charge in [-0.3, -0.25) is 0 Å². The van der Waals surface area contributed by atoms with Crippen molar-refractivity contribution in [2.24, 2.45) is 4.99 Å². The van der Waals surface area contributed by atoms with Crippen molar-refractivity contribution < 1.29 is 18.1 Å². The Bertz CT molecular complexity index is 214. The van der Waals surface area contributed by atoms with Crippen LogP contribution in [0.5, 0.6) is 0 Å². The van der Waals surface area contributed by atoms with E-state index in [1.54, 1.807) is 0 Å². The Morgan fingerprint density at radius 3 is 1.94 bits per heavy atom. The van der Waals surface area contributed by atoms with Gasteiger partial charge in [0.2, 0.25) is 6.08 Å². The minimum atomic E-state index is -2.50. The zero-order valence-electron chi connectivity index (χ0n) is 11.0. The zero-order valence-corrected chi connectivity index (χ0v) is 12.0. The lowest BCUT2D eigenvalue weighted by Crippen LogP contribution is -2.45. The molecule has 0 aliphatic carbocycles.